The van der Waals surface area contributed by atoms with Crippen LogP contribution < -0.4 is 0 Å². The first kappa shape index (κ1) is 13.5. The van der Waals surface area contributed by atoms with Gasteiger partial charge in [-0.15, -0.1) is 0 Å². The summed E-state index contributed by atoms with van der Waals surface area (Å²) in [5, 5.41) is 0. The minimum absolute atomic E-state index is 0.0279. The average molecular weight is 279 g/mol. The van der Waals surface area contributed by atoms with Crippen molar-refractivity contribution in [1.29, 1.82) is 0 Å². The second-order valence-corrected chi connectivity index (χ2v) is 5.18. The van der Waals surface area contributed by atoms with Gasteiger partial charge in [-0.1, -0.05) is 12.1 Å². The molecule has 1 amide bonds. The van der Waals surface area contributed by atoms with Gasteiger partial charge in [-0.3, -0.25) is 4.79 Å². The Hall–Kier alpha value is -1.46. The number of nitrogens with zero attached hydrogens (tertiary/aromatic N) is 1. The van der Waals surface area contributed by atoms with Crippen LogP contribution in [0.1, 0.15) is 24.4 Å². The first-order valence-corrected chi connectivity index (χ1v) is 7.01. The molecule has 0 bridgehead atoms. The summed E-state index contributed by atoms with van der Waals surface area (Å²) in [5.41, 5.74) is 0.900. The Labute approximate surface area is 117 Å². The van der Waals surface area contributed by atoms with Crippen LogP contribution in [0.4, 0.5) is 4.39 Å². The molecule has 2 aliphatic rings. The molecule has 5 heteroatoms. The lowest BCUT2D eigenvalue weighted by Crippen LogP contribution is -2.47. The van der Waals surface area contributed by atoms with Gasteiger partial charge in [0, 0.05) is 13.2 Å². The first-order valence-electron chi connectivity index (χ1n) is 7.01. The zero-order chi connectivity index (χ0) is 13.9. The molecule has 2 unspecified atom stereocenters. The van der Waals surface area contributed by atoms with Gasteiger partial charge in [0.25, 0.3) is 5.91 Å². The highest BCUT2D eigenvalue weighted by Crippen LogP contribution is 2.27. The van der Waals surface area contributed by atoms with Crippen LogP contribution in [0.5, 0.6) is 0 Å². The van der Waals surface area contributed by atoms with Crippen LogP contribution in [0.15, 0.2) is 24.3 Å². The molecule has 2 aliphatic heterocycles. The molecular weight excluding hydrogens is 261 g/mol. The number of hydrogen-bond acceptors (Lipinski definition) is 3. The molecule has 2 fully saturated rings. The Kier molecular flexibility index (Phi) is 3.98. The van der Waals surface area contributed by atoms with E-state index in [4.69, 9.17) is 9.47 Å². The van der Waals surface area contributed by atoms with Crippen LogP contribution in [-0.2, 0) is 14.3 Å². The van der Waals surface area contributed by atoms with Gasteiger partial charge < -0.3 is 14.4 Å². The highest BCUT2D eigenvalue weighted by molar-refractivity contribution is 5.81. The summed E-state index contributed by atoms with van der Waals surface area (Å²) in [7, 11) is 0. The summed E-state index contributed by atoms with van der Waals surface area (Å²) >= 11 is 0. The lowest BCUT2D eigenvalue weighted by atomic mass is 10.0. The Balaban J connectivity index is 1.79. The number of ether oxygens (including phenoxy) is 2. The molecule has 1 aromatic carbocycles. The maximum absolute atomic E-state index is 13.0. The summed E-state index contributed by atoms with van der Waals surface area (Å²) in [6.45, 7) is 2.20. The van der Waals surface area contributed by atoms with Crippen molar-refractivity contribution < 1.29 is 18.7 Å². The van der Waals surface area contributed by atoms with E-state index in [1.54, 1.807) is 12.1 Å². The van der Waals surface area contributed by atoms with Crippen LogP contribution >= 0.6 is 0 Å². The van der Waals surface area contributed by atoms with Gasteiger partial charge in [-0.2, -0.15) is 0 Å². The minimum Gasteiger partial charge on any atom is -0.377 e. The fraction of sp³-hybridized carbons (Fsp3) is 0.533. The third kappa shape index (κ3) is 2.69. The smallest absolute Gasteiger partial charge is 0.252 e. The van der Waals surface area contributed by atoms with Crippen molar-refractivity contribution in [2.24, 2.45) is 0 Å². The summed E-state index contributed by atoms with van der Waals surface area (Å²) in [6, 6.07) is 6.10. The topological polar surface area (TPSA) is 38.8 Å². The maximum atomic E-state index is 13.0. The molecule has 0 aromatic heterocycles. The number of amides is 1. The second-order valence-electron chi connectivity index (χ2n) is 5.18. The highest BCUT2D eigenvalue weighted by Gasteiger charge is 2.34. The first-order chi connectivity index (χ1) is 9.75. The Bertz CT molecular complexity index is 471. The molecule has 2 saturated heterocycles. The van der Waals surface area contributed by atoms with E-state index in [-0.39, 0.29) is 23.9 Å². The average Bonchev–Trinajstić information content (AvgIpc) is 3.02. The highest BCUT2D eigenvalue weighted by atomic mass is 19.1. The number of halogens is 1. The van der Waals surface area contributed by atoms with E-state index >= 15 is 0 Å². The second kappa shape index (κ2) is 5.89. The van der Waals surface area contributed by atoms with Gasteiger partial charge in [-0.05, 0) is 30.5 Å². The number of benzene rings is 1. The van der Waals surface area contributed by atoms with Crippen molar-refractivity contribution in [3.63, 3.8) is 0 Å². The number of rotatable bonds is 2. The quantitative estimate of drug-likeness (QED) is 0.830. The van der Waals surface area contributed by atoms with Gasteiger partial charge in [0.1, 0.15) is 11.9 Å². The Morgan fingerprint density at radius 2 is 2.05 bits per heavy atom. The molecule has 0 radical (unpaired) electrons. The van der Waals surface area contributed by atoms with Gasteiger partial charge in [-0.25, -0.2) is 4.39 Å². The normalized spacial score (nSPS) is 26.8. The van der Waals surface area contributed by atoms with Crippen LogP contribution in [0.25, 0.3) is 0 Å². The summed E-state index contributed by atoms with van der Waals surface area (Å²) in [4.78, 5) is 14.3. The van der Waals surface area contributed by atoms with E-state index in [0.717, 1.165) is 18.4 Å². The van der Waals surface area contributed by atoms with E-state index in [1.807, 2.05) is 4.90 Å². The summed E-state index contributed by atoms with van der Waals surface area (Å²) in [5.74, 6) is -0.248. The van der Waals surface area contributed by atoms with Crippen molar-refractivity contribution >= 4 is 5.91 Å². The van der Waals surface area contributed by atoms with Crippen LogP contribution in [0, 0.1) is 5.82 Å². The molecular formula is C15H18FNO3. The zero-order valence-electron chi connectivity index (χ0n) is 11.3. The van der Waals surface area contributed by atoms with Gasteiger partial charge in [0.15, 0.2) is 0 Å². The van der Waals surface area contributed by atoms with Crippen molar-refractivity contribution in [1.82, 2.24) is 4.90 Å². The van der Waals surface area contributed by atoms with Crippen molar-refractivity contribution in [2.45, 2.75) is 25.0 Å². The third-order valence-corrected chi connectivity index (χ3v) is 3.87. The van der Waals surface area contributed by atoms with E-state index in [9.17, 15) is 9.18 Å². The third-order valence-electron chi connectivity index (χ3n) is 3.87. The predicted molar refractivity (Wildman–Crippen MR) is 70.6 cm³/mol. The molecule has 2 heterocycles. The van der Waals surface area contributed by atoms with E-state index in [0.29, 0.717) is 26.4 Å². The molecule has 108 valence electrons. The molecule has 0 spiro atoms. The van der Waals surface area contributed by atoms with Crippen LogP contribution in [0.2, 0.25) is 0 Å². The number of carbonyl (C=O) groups excluding carboxylic acids is 1. The van der Waals surface area contributed by atoms with Crippen molar-refractivity contribution in [3.05, 3.63) is 35.6 Å². The van der Waals surface area contributed by atoms with Crippen LogP contribution in [0.3, 0.4) is 0 Å². The van der Waals surface area contributed by atoms with Crippen LogP contribution in [-0.4, -0.2) is 43.3 Å². The number of hydrogen-bond donors (Lipinski definition) is 0. The standard InChI is InChI=1S/C15H18FNO3/c16-12-5-3-11(4-6-12)13-10-19-9-7-17(13)15(18)14-2-1-8-20-14/h3-6,13-14H,1-2,7-10H2. The fourth-order valence-corrected chi connectivity index (χ4v) is 2.79. The molecule has 20 heavy (non-hydrogen) atoms. The zero-order valence-corrected chi connectivity index (χ0v) is 11.3. The van der Waals surface area contributed by atoms with Gasteiger partial charge >= 0.3 is 0 Å². The molecule has 0 saturated carbocycles. The SMILES string of the molecule is O=C(C1CCCO1)N1CCOCC1c1ccc(F)cc1. The van der Waals surface area contributed by atoms with E-state index < -0.39 is 0 Å². The largest absolute Gasteiger partial charge is 0.377 e. The lowest BCUT2D eigenvalue weighted by molar-refractivity contribution is -0.150. The number of morpholine rings is 1. The molecule has 0 N–H and O–H groups in total. The maximum Gasteiger partial charge on any atom is 0.252 e. The minimum atomic E-state index is -0.323. The Morgan fingerprint density at radius 3 is 2.75 bits per heavy atom. The van der Waals surface area contributed by atoms with Gasteiger partial charge in [0.05, 0.1) is 19.3 Å². The molecule has 0 aliphatic carbocycles. The van der Waals surface area contributed by atoms with Crippen molar-refractivity contribution in [3.8, 4) is 0 Å². The van der Waals surface area contributed by atoms with Gasteiger partial charge in [0.2, 0.25) is 0 Å². The predicted octanol–water partition coefficient (Wildman–Crippen LogP) is 1.90. The molecule has 2 atom stereocenters. The fourth-order valence-electron chi connectivity index (χ4n) is 2.79. The molecule has 3 rings (SSSR count). The number of carbonyl (C=O) groups is 1. The monoisotopic (exact) mass is 279 g/mol. The summed E-state index contributed by atoms with van der Waals surface area (Å²) < 4.78 is 24.0. The van der Waals surface area contributed by atoms with E-state index in [2.05, 4.69) is 0 Å². The molecule has 4 nitrogen and oxygen atoms in total. The molecule has 1 aromatic rings. The Morgan fingerprint density at radius 1 is 1.25 bits per heavy atom. The van der Waals surface area contributed by atoms with Crippen molar-refractivity contribution in [2.75, 3.05) is 26.4 Å². The lowest BCUT2D eigenvalue weighted by Gasteiger charge is -2.37. The summed E-state index contributed by atoms with van der Waals surface area (Å²) in [6.07, 6.45) is 1.39. The van der Waals surface area contributed by atoms with E-state index in [1.165, 1.54) is 12.1 Å².